The molecule has 2 aromatic heterocycles. The topological polar surface area (TPSA) is 72.7 Å². The third kappa shape index (κ3) is 4.25. The molecule has 2 heterocycles. The summed E-state index contributed by atoms with van der Waals surface area (Å²) in [4.78, 5) is 21.4. The molecule has 1 aliphatic rings. The van der Waals surface area contributed by atoms with Crippen molar-refractivity contribution in [3.8, 4) is 5.69 Å². The Balaban J connectivity index is 1.26. The van der Waals surface area contributed by atoms with E-state index < -0.39 is 0 Å². The number of nitrogens with one attached hydrogen (secondary N) is 1. The largest absolute Gasteiger partial charge is 0.349 e. The van der Waals surface area contributed by atoms with E-state index in [1.165, 1.54) is 48.5 Å². The van der Waals surface area contributed by atoms with Crippen molar-refractivity contribution in [2.75, 3.05) is 5.75 Å². The summed E-state index contributed by atoms with van der Waals surface area (Å²) in [5.41, 5.74) is 5.73. The van der Waals surface area contributed by atoms with Gasteiger partial charge in [0.05, 0.1) is 29.1 Å². The first kappa shape index (κ1) is 20.7. The lowest BCUT2D eigenvalue weighted by Gasteiger charge is -2.20. The van der Waals surface area contributed by atoms with Gasteiger partial charge in [-0.1, -0.05) is 48.2 Å². The van der Waals surface area contributed by atoms with Crippen molar-refractivity contribution < 1.29 is 4.79 Å². The van der Waals surface area contributed by atoms with Gasteiger partial charge in [0.1, 0.15) is 11.4 Å². The second-order valence-electron chi connectivity index (χ2n) is 8.12. The van der Waals surface area contributed by atoms with E-state index in [0.29, 0.717) is 0 Å². The van der Waals surface area contributed by atoms with Crippen LogP contribution >= 0.6 is 11.8 Å². The number of hydrogen-bond donors (Lipinski definition) is 1. The van der Waals surface area contributed by atoms with Crippen molar-refractivity contribution in [3.05, 3.63) is 77.7 Å². The van der Waals surface area contributed by atoms with Crippen LogP contribution in [0.5, 0.6) is 0 Å². The minimum Gasteiger partial charge on any atom is -0.349 e. The predicted molar refractivity (Wildman–Crippen MR) is 127 cm³/mol. The Bertz CT molecular complexity index is 1250. The van der Waals surface area contributed by atoms with E-state index in [4.69, 9.17) is 0 Å². The first-order valence-corrected chi connectivity index (χ1v) is 12.0. The third-order valence-electron chi connectivity index (χ3n) is 5.92. The number of aryl methyl sites for hydroxylation is 2. The average molecular weight is 444 g/mol. The molecule has 0 aliphatic heterocycles. The molecular formula is C25H25N5OS. The molecule has 0 saturated carbocycles. The molecule has 7 heteroatoms. The predicted octanol–water partition coefficient (Wildman–Crippen LogP) is 4.66. The Morgan fingerprint density at radius 1 is 1.09 bits per heavy atom. The number of hydrogen-bond acceptors (Lipinski definition) is 5. The van der Waals surface area contributed by atoms with Crippen LogP contribution < -0.4 is 5.32 Å². The molecular weight excluding hydrogens is 418 g/mol. The van der Waals surface area contributed by atoms with Crippen LogP contribution in [0.1, 0.15) is 42.5 Å². The maximum Gasteiger partial charge on any atom is 0.230 e. The molecule has 0 spiro atoms. The van der Waals surface area contributed by atoms with E-state index in [2.05, 4.69) is 38.6 Å². The Morgan fingerprint density at radius 2 is 1.91 bits per heavy atom. The van der Waals surface area contributed by atoms with Gasteiger partial charge < -0.3 is 5.32 Å². The molecule has 4 aromatic rings. The zero-order valence-corrected chi connectivity index (χ0v) is 18.8. The minimum atomic E-state index is -0.0263. The molecule has 1 aliphatic carbocycles. The SMILES string of the molecule is CC(NC(=O)CSc1ncnc2c1cnn2-c1ccccc1)c1ccc2c(c1)CCCC2. The van der Waals surface area contributed by atoms with E-state index in [-0.39, 0.29) is 17.7 Å². The van der Waals surface area contributed by atoms with E-state index in [1.54, 1.807) is 10.9 Å². The number of benzene rings is 2. The van der Waals surface area contributed by atoms with Crippen LogP contribution in [-0.4, -0.2) is 31.4 Å². The molecule has 0 radical (unpaired) electrons. The standard InChI is InChI=1S/C25H25N5OS/c1-17(19-12-11-18-7-5-6-8-20(18)13-19)29-23(31)15-32-25-22-14-28-30(24(22)26-16-27-25)21-9-3-2-4-10-21/h2-4,9-14,16-17H,5-8,15H2,1H3,(H,29,31). The fraction of sp³-hybridized carbons (Fsp3) is 0.280. The molecule has 6 nitrogen and oxygen atoms in total. The zero-order valence-electron chi connectivity index (χ0n) is 18.0. The molecule has 0 bridgehead atoms. The zero-order chi connectivity index (χ0) is 21.9. The van der Waals surface area contributed by atoms with Crippen molar-refractivity contribution in [1.82, 2.24) is 25.1 Å². The maximum absolute atomic E-state index is 12.7. The molecule has 0 saturated heterocycles. The number of para-hydroxylation sites is 1. The number of carbonyl (C=O) groups is 1. The summed E-state index contributed by atoms with van der Waals surface area (Å²) in [5.74, 6) is 0.278. The molecule has 162 valence electrons. The highest BCUT2D eigenvalue weighted by atomic mass is 32.2. The van der Waals surface area contributed by atoms with Crippen LogP contribution in [0.25, 0.3) is 16.7 Å². The number of amides is 1. The summed E-state index contributed by atoms with van der Waals surface area (Å²) >= 11 is 1.41. The number of fused-ring (bicyclic) bond motifs is 2. The average Bonchev–Trinajstić information content (AvgIpc) is 3.28. The summed E-state index contributed by atoms with van der Waals surface area (Å²) in [7, 11) is 0. The Kier molecular flexibility index (Phi) is 5.90. The van der Waals surface area contributed by atoms with E-state index in [0.717, 1.165) is 33.7 Å². The quantitative estimate of drug-likeness (QED) is 0.346. The Hall–Kier alpha value is -3.19. The summed E-state index contributed by atoms with van der Waals surface area (Å²) in [6.07, 6.45) is 8.12. The van der Waals surface area contributed by atoms with Crippen LogP contribution in [-0.2, 0) is 17.6 Å². The van der Waals surface area contributed by atoms with Crippen LogP contribution in [0, 0.1) is 0 Å². The van der Waals surface area contributed by atoms with Crippen LogP contribution in [0.15, 0.2) is 66.1 Å². The van der Waals surface area contributed by atoms with Gasteiger partial charge in [-0.15, -0.1) is 0 Å². The van der Waals surface area contributed by atoms with Gasteiger partial charge in [-0.2, -0.15) is 5.10 Å². The van der Waals surface area contributed by atoms with Crippen LogP contribution in [0.4, 0.5) is 0 Å². The maximum atomic E-state index is 12.7. The Labute approximate surface area is 191 Å². The highest BCUT2D eigenvalue weighted by molar-refractivity contribution is 8.00. The van der Waals surface area contributed by atoms with Gasteiger partial charge in [0, 0.05) is 0 Å². The van der Waals surface area contributed by atoms with Gasteiger partial charge in [-0.3, -0.25) is 4.79 Å². The molecule has 1 atom stereocenters. The summed E-state index contributed by atoms with van der Waals surface area (Å²) in [5, 5.41) is 9.21. The fourth-order valence-corrected chi connectivity index (χ4v) is 4.99. The lowest BCUT2D eigenvalue weighted by molar-refractivity contribution is -0.119. The number of carbonyl (C=O) groups excluding carboxylic acids is 1. The van der Waals surface area contributed by atoms with E-state index in [9.17, 15) is 4.79 Å². The minimum absolute atomic E-state index is 0.0116. The van der Waals surface area contributed by atoms with Crippen molar-refractivity contribution in [2.24, 2.45) is 0 Å². The van der Waals surface area contributed by atoms with Crippen molar-refractivity contribution in [1.29, 1.82) is 0 Å². The van der Waals surface area contributed by atoms with E-state index >= 15 is 0 Å². The van der Waals surface area contributed by atoms with Crippen molar-refractivity contribution in [3.63, 3.8) is 0 Å². The Morgan fingerprint density at radius 3 is 2.75 bits per heavy atom. The molecule has 1 amide bonds. The molecule has 1 unspecified atom stereocenters. The summed E-state index contributed by atoms with van der Waals surface area (Å²) in [6.45, 7) is 2.04. The number of aromatic nitrogens is 4. The summed E-state index contributed by atoms with van der Waals surface area (Å²) in [6, 6.07) is 16.5. The smallest absolute Gasteiger partial charge is 0.230 e. The fourth-order valence-electron chi connectivity index (χ4n) is 4.22. The number of rotatable bonds is 6. The van der Waals surface area contributed by atoms with Gasteiger partial charge in [-0.25, -0.2) is 14.6 Å². The van der Waals surface area contributed by atoms with Crippen molar-refractivity contribution in [2.45, 2.75) is 43.7 Å². The lowest BCUT2D eigenvalue weighted by Crippen LogP contribution is -2.28. The summed E-state index contributed by atoms with van der Waals surface area (Å²) < 4.78 is 1.79. The lowest BCUT2D eigenvalue weighted by atomic mass is 9.89. The van der Waals surface area contributed by atoms with Crippen LogP contribution in [0.3, 0.4) is 0 Å². The number of nitrogens with zero attached hydrogens (tertiary/aromatic N) is 4. The molecule has 32 heavy (non-hydrogen) atoms. The van der Waals surface area contributed by atoms with Gasteiger partial charge >= 0.3 is 0 Å². The first-order valence-electron chi connectivity index (χ1n) is 11.0. The molecule has 2 aromatic carbocycles. The van der Waals surface area contributed by atoms with Gasteiger partial charge in [-0.05, 0) is 61.4 Å². The monoisotopic (exact) mass is 443 g/mol. The van der Waals surface area contributed by atoms with Crippen molar-refractivity contribution >= 4 is 28.7 Å². The van der Waals surface area contributed by atoms with Gasteiger partial charge in [0.2, 0.25) is 5.91 Å². The van der Waals surface area contributed by atoms with E-state index in [1.807, 2.05) is 37.3 Å². The van der Waals surface area contributed by atoms with Crippen LogP contribution in [0.2, 0.25) is 0 Å². The second-order valence-corrected chi connectivity index (χ2v) is 9.09. The third-order valence-corrected chi connectivity index (χ3v) is 6.93. The second kappa shape index (κ2) is 9.12. The number of thioether (sulfide) groups is 1. The molecule has 1 N–H and O–H groups in total. The molecule has 5 rings (SSSR count). The first-order chi connectivity index (χ1) is 15.7. The van der Waals surface area contributed by atoms with Gasteiger partial charge in [0.15, 0.2) is 5.65 Å². The van der Waals surface area contributed by atoms with Gasteiger partial charge in [0.25, 0.3) is 0 Å². The highest BCUT2D eigenvalue weighted by Gasteiger charge is 2.16. The normalized spacial score (nSPS) is 14.2. The highest BCUT2D eigenvalue weighted by Crippen LogP contribution is 2.27. The molecule has 0 fully saturated rings.